The summed E-state index contributed by atoms with van der Waals surface area (Å²) >= 11 is 5.87. The molecule has 2 rings (SSSR count). The van der Waals surface area contributed by atoms with Crippen molar-refractivity contribution in [1.29, 1.82) is 0 Å². The molecule has 1 unspecified atom stereocenters. The first-order valence-electron chi connectivity index (χ1n) is 5.95. The zero-order chi connectivity index (χ0) is 13.0. The quantitative estimate of drug-likeness (QED) is 0.673. The molecule has 0 amide bonds. The lowest BCUT2D eigenvalue weighted by Crippen LogP contribution is -2.28. The molecule has 1 aromatic rings. The van der Waals surface area contributed by atoms with Gasteiger partial charge in [-0.3, -0.25) is 0 Å². The molecular weight excluding hydrogens is 285 g/mol. The van der Waals surface area contributed by atoms with E-state index in [-0.39, 0.29) is 24.4 Å². The number of ether oxygens (including phenoxy) is 1. The molecule has 1 aliphatic heterocycles. The van der Waals surface area contributed by atoms with Crippen LogP contribution in [0, 0.1) is 0 Å². The van der Waals surface area contributed by atoms with E-state index in [0.717, 1.165) is 30.0 Å². The molecule has 1 fully saturated rings. The third-order valence-electron chi connectivity index (χ3n) is 3.10. The molecule has 5 heteroatoms. The van der Waals surface area contributed by atoms with Crippen LogP contribution < -0.4 is 5.32 Å². The Kier molecular flexibility index (Phi) is 6.35. The number of rotatable bonds is 2. The Morgan fingerprint density at radius 2 is 2.11 bits per heavy atom. The molecule has 0 spiro atoms. The predicted molar refractivity (Wildman–Crippen MR) is 78.8 cm³/mol. The van der Waals surface area contributed by atoms with Gasteiger partial charge in [-0.05, 0) is 37.1 Å². The molecule has 1 aromatic carbocycles. The van der Waals surface area contributed by atoms with E-state index in [4.69, 9.17) is 11.6 Å². The van der Waals surface area contributed by atoms with E-state index in [1.54, 1.807) is 6.08 Å². The smallest absolute Gasteiger partial charge is 0.330 e. The Morgan fingerprint density at radius 1 is 1.42 bits per heavy atom. The minimum absolute atomic E-state index is 0. The van der Waals surface area contributed by atoms with Crippen molar-refractivity contribution in [2.75, 3.05) is 13.7 Å². The summed E-state index contributed by atoms with van der Waals surface area (Å²) in [6, 6.07) is 8.04. The maximum absolute atomic E-state index is 11.2. The number of esters is 1. The number of benzene rings is 1. The van der Waals surface area contributed by atoms with Crippen LogP contribution in [0.1, 0.15) is 24.4 Å². The predicted octanol–water partition coefficient (Wildman–Crippen LogP) is 3.29. The lowest BCUT2D eigenvalue weighted by molar-refractivity contribution is -0.134. The number of hydrogen-bond acceptors (Lipinski definition) is 3. The first-order chi connectivity index (χ1) is 8.69. The summed E-state index contributed by atoms with van der Waals surface area (Å²) in [4.78, 5) is 11.2. The number of halogens is 2. The van der Waals surface area contributed by atoms with Crippen LogP contribution in [0.5, 0.6) is 0 Å². The van der Waals surface area contributed by atoms with E-state index in [2.05, 4.69) is 10.1 Å². The monoisotopic (exact) mass is 301 g/mol. The van der Waals surface area contributed by atoms with Crippen molar-refractivity contribution in [3.63, 3.8) is 0 Å². The molecule has 1 saturated heterocycles. The highest BCUT2D eigenvalue weighted by atomic mass is 35.5. The summed E-state index contributed by atoms with van der Waals surface area (Å²) in [6.07, 6.45) is 3.32. The average Bonchev–Trinajstić information content (AvgIpc) is 2.40. The van der Waals surface area contributed by atoms with Gasteiger partial charge in [0.25, 0.3) is 0 Å². The van der Waals surface area contributed by atoms with E-state index in [9.17, 15) is 4.79 Å². The van der Waals surface area contributed by atoms with Crippen molar-refractivity contribution in [3.05, 3.63) is 46.5 Å². The maximum Gasteiger partial charge on any atom is 0.330 e. The lowest BCUT2D eigenvalue weighted by Gasteiger charge is -2.26. The fourth-order valence-corrected chi connectivity index (χ4v) is 2.26. The number of piperidine rings is 1. The van der Waals surface area contributed by atoms with Crippen molar-refractivity contribution >= 4 is 30.0 Å². The molecule has 1 heterocycles. The summed E-state index contributed by atoms with van der Waals surface area (Å²) in [5.41, 5.74) is 2.32. The van der Waals surface area contributed by atoms with Crippen LogP contribution in [-0.2, 0) is 9.53 Å². The van der Waals surface area contributed by atoms with Gasteiger partial charge < -0.3 is 10.1 Å². The van der Waals surface area contributed by atoms with Gasteiger partial charge in [0, 0.05) is 17.1 Å². The Morgan fingerprint density at radius 3 is 2.74 bits per heavy atom. The number of carbonyl (C=O) groups excluding carboxylic acids is 1. The van der Waals surface area contributed by atoms with E-state index >= 15 is 0 Å². The topological polar surface area (TPSA) is 38.3 Å². The Hall–Kier alpha value is -1.03. The van der Waals surface area contributed by atoms with Gasteiger partial charge in [0.1, 0.15) is 0 Å². The van der Waals surface area contributed by atoms with E-state index in [0.29, 0.717) is 0 Å². The van der Waals surface area contributed by atoms with Gasteiger partial charge in [0.15, 0.2) is 0 Å². The summed E-state index contributed by atoms with van der Waals surface area (Å²) in [7, 11) is 1.40. The normalized spacial score (nSPS) is 20.7. The fourth-order valence-electron chi connectivity index (χ4n) is 2.13. The van der Waals surface area contributed by atoms with Crippen molar-refractivity contribution in [2.45, 2.75) is 18.9 Å². The molecule has 0 aromatic heterocycles. The zero-order valence-electron chi connectivity index (χ0n) is 10.7. The summed E-state index contributed by atoms with van der Waals surface area (Å²) < 4.78 is 4.66. The Labute approximate surface area is 124 Å². The van der Waals surface area contributed by atoms with Crippen molar-refractivity contribution < 1.29 is 9.53 Å². The SMILES string of the molecule is COC(=O)/C=C1/CCNC(c2ccc(Cl)cc2)C1.Cl. The molecule has 3 nitrogen and oxygen atoms in total. The minimum Gasteiger partial charge on any atom is -0.466 e. The molecule has 0 radical (unpaired) electrons. The molecule has 1 N–H and O–H groups in total. The molecular formula is C14H17Cl2NO2. The molecule has 104 valence electrons. The average molecular weight is 302 g/mol. The molecule has 0 aliphatic carbocycles. The second-order valence-corrected chi connectivity index (χ2v) is 4.77. The largest absolute Gasteiger partial charge is 0.466 e. The standard InChI is InChI=1S/C14H16ClNO2.ClH/c1-18-14(17)9-10-6-7-16-13(8-10)11-2-4-12(15)5-3-11;/h2-5,9,13,16H,6-8H2,1H3;1H/b10-9-;. The van der Waals surface area contributed by atoms with Crippen molar-refractivity contribution in [1.82, 2.24) is 5.32 Å². The first kappa shape index (κ1) is 16.0. The van der Waals surface area contributed by atoms with E-state index in [1.807, 2.05) is 24.3 Å². The van der Waals surface area contributed by atoms with Gasteiger partial charge >= 0.3 is 5.97 Å². The third-order valence-corrected chi connectivity index (χ3v) is 3.35. The second-order valence-electron chi connectivity index (χ2n) is 4.34. The highest BCUT2D eigenvalue weighted by molar-refractivity contribution is 6.30. The van der Waals surface area contributed by atoms with Gasteiger partial charge in [0.05, 0.1) is 7.11 Å². The summed E-state index contributed by atoms with van der Waals surface area (Å²) in [5.74, 6) is -0.276. The number of methoxy groups -OCH3 is 1. The molecule has 1 atom stereocenters. The Balaban J connectivity index is 0.00000180. The Bertz CT molecular complexity index is 457. The summed E-state index contributed by atoms with van der Waals surface area (Å²) in [5, 5.41) is 4.18. The van der Waals surface area contributed by atoms with Gasteiger partial charge in [-0.15, -0.1) is 12.4 Å². The first-order valence-corrected chi connectivity index (χ1v) is 6.33. The van der Waals surface area contributed by atoms with Crippen LogP contribution >= 0.6 is 24.0 Å². The van der Waals surface area contributed by atoms with Crippen LogP contribution in [-0.4, -0.2) is 19.6 Å². The molecule has 1 aliphatic rings. The van der Waals surface area contributed by atoms with Crippen molar-refractivity contribution in [2.24, 2.45) is 0 Å². The van der Waals surface area contributed by atoms with Crippen LogP contribution in [0.3, 0.4) is 0 Å². The summed E-state index contributed by atoms with van der Waals surface area (Å²) in [6.45, 7) is 0.871. The minimum atomic E-state index is -0.276. The van der Waals surface area contributed by atoms with Gasteiger partial charge in [-0.1, -0.05) is 29.3 Å². The van der Waals surface area contributed by atoms with Crippen LogP contribution in [0.15, 0.2) is 35.9 Å². The number of carbonyl (C=O) groups is 1. The number of nitrogens with one attached hydrogen (secondary N) is 1. The van der Waals surface area contributed by atoms with Gasteiger partial charge in [-0.25, -0.2) is 4.79 Å². The molecule has 19 heavy (non-hydrogen) atoms. The molecule has 0 bridgehead atoms. The molecule has 0 saturated carbocycles. The second kappa shape index (κ2) is 7.53. The van der Waals surface area contributed by atoms with Crippen LogP contribution in [0.25, 0.3) is 0 Å². The zero-order valence-corrected chi connectivity index (χ0v) is 12.3. The van der Waals surface area contributed by atoms with E-state index in [1.165, 1.54) is 12.7 Å². The van der Waals surface area contributed by atoms with Gasteiger partial charge in [0.2, 0.25) is 0 Å². The third kappa shape index (κ3) is 4.53. The van der Waals surface area contributed by atoms with Crippen LogP contribution in [0.2, 0.25) is 5.02 Å². The highest BCUT2D eigenvalue weighted by Gasteiger charge is 2.18. The lowest BCUT2D eigenvalue weighted by atomic mass is 9.93. The van der Waals surface area contributed by atoms with Crippen molar-refractivity contribution in [3.8, 4) is 0 Å². The number of hydrogen-bond donors (Lipinski definition) is 1. The fraction of sp³-hybridized carbons (Fsp3) is 0.357. The highest BCUT2D eigenvalue weighted by Crippen LogP contribution is 2.27. The van der Waals surface area contributed by atoms with E-state index < -0.39 is 0 Å². The maximum atomic E-state index is 11.2. The van der Waals surface area contributed by atoms with Gasteiger partial charge in [-0.2, -0.15) is 0 Å². The van der Waals surface area contributed by atoms with Crippen LogP contribution in [0.4, 0.5) is 0 Å².